The summed E-state index contributed by atoms with van der Waals surface area (Å²) >= 11 is 6.03. The van der Waals surface area contributed by atoms with Gasteiger partial charge in [-0.25, -0.2) is 9.90 Å². The van der Waals surface area contributed by atoms with Crippen LogP contribution in [-0.4, -0.2) is 36.1 Å². The molecule has 2 aliphatic heterocycles. The molecular weight excluding hydrogens is 398 g/mol. The van der Waals surface area contributed by atoms with Crippen molar-refractivity contribution in [1.82, 2.24) is 5.06 Å². The van der Waals surface area contributed by atoms with Gasteiger partial charge >= 0.3 is 12.2 Å². The van der Waals surface area contributed by atoms with Crippen molar-refractivity contribution in [2.45, 2.75) is 45.8 Å². The number of hydrogen-bond acceptors (Lipinski definition) is 5. The van der Waals surface area contributed by atoms with Crippen LogP contribution in [0.25, 0.3) is 0 Å². The van der Waals surface area contributed by atoms with E-state index >= 15 is 0 Å². The second kappa shape index (κ2) is 6.39. The molecule has 11 heteroatoms. The average molecular weight is 414 g/mol. The van der Waals surface area contributed by atoms with Gasteiger partial charge in [0.05, 0.1) is 12.0 Å². The molecule has 3 rings (SSSR count). The summed E-state index contributed by atoms with van der Waals surface area (Å²) in [7, 11) is 0. The fourth-order valence-electron chi connectivity index (χ4n) is 2.62. The van der Waals surface area contributed by atoms with E-state index in [0.717, 1.165) is 17.2 Å². The highest BCUT2D eigenvalue weighted by molar-refractivity contribution is 6.31. The van der Waals surface area contributed by atoms with E-state index in [1.54, 1.807) is 20.8 Å². The van der Waals surface area contributed by atoms with Crippen molar-refractivity contribution in [2.75, 3.05) is 6.61 Å². The Morgan fingerprint density at radius 3 is 2.26 bits per heavy atom. The molecule has 1 aromatic carbocycles. The normalized spacial score (nSPS) is 25.0. The Labute approximate surface area is 156 Å². The molecule has 2 heterocycles. The Morgan fingerprint density at radius 1 is 1.15 bits per heavy atom. The van der Waals surface area contributed by atoms with Crippen LogP contribution in [-0.2, 0) is 20.9 Å². The van der Waals surface area contributed by atoms with Gasteiger partial charge in [-0.3, -0.25) is 4.79 Å². The predicted molar refractivity (Wildman–Crippen MR) is 83.4 cm³/mol. The van der Waals surface area contributed by atoms with Gasteiger partial charge in [0.15, 0.2) is 17.8 Å². The lowest BCUT2D eigenvalue weighted by molar-refractivity contribution is -0.391. The molecule has 0 saturated carbocycles. The van der Waals surface area contributed by atoms with Gasteiger partial charge in [-0.1, -0.05) is 11.6 Å². The van der Waals surface area contributed by atoms with Crippen molar-refractivity contribution in [3.05, 3.63) is 22.7 Å². The van der Waals surface area contributed by atoms with Crippen LogP contribution < -0.4 is 9.47 Å². The monoisotopic (exact) mass is 413 g/mol. The van der Waals surface area contributed by atoms with Crippen LogP contribution in [0.5, 0.6) is 11.5 Å². The van der Waals surface area contributed by atoms with Crippen LogP contribution in [0.4, 0.5) is 17.6 Å². The molecule has 6 nitrogen and oxygen atoms in total. The molecule has 0 aliphatic carbocycles. The molecule has 27 heavy (non-hydrogen) atoms. The number of ether oxygens (including phenoxy) is 3. The second-order valence-electron chi connectivity index (χ2n) is 6.58. The summed E-state index contributed by atoms with van der Waals surface area (Å²) in [6.45, 7) is 5.07. The molecule has 1 amide bonds. The lowest BCUT2D eigenvalue weighted by Crippen LogP contribution is -2.52. The number of nitrogens with zero attached hydrogens (tertiary/aromatic N) is 1. The summed E-state index contributed by atoms with van der Waals surface area (Å²) in [6, 6.07) is 1.92. The zero-order valence-electron chi connectivity index (χ0n) is 14.5. The summed E-state index contributed by atoms with van der Waals surface area (Å²) in [6.07, 6.45) is -10.5. The van der Waals surface area contributed by atoms with E-state index < -0.39 is 41.3 Å². The van der Waals surface area contributed by atoms with E-state index in [0.29, 0.717) is 6.61 Å². The molecule has 150 valence electrons. The minimum absolute atomic E-state index is 0.0903. The summed E-state index contributed by atoms with van der Waals surface area (Å²) in [5, 5.41) is 0.886. The largest absolute Gasteiger partial charge is 0.507 e. The van der Waals surface area contributed by atoms with Crippen molar-refractivity contribution >= 4 is 17.5 Å². The Morgan fingerprint density at radius 2 is 1.70 bits per heavy atom. The van der Waals surface area contributed by atoms with Gasteiger partial charge < -0.3 is 14.2 Å². The molecule has 2 aliphatic rings. The van der Waals surface area contributed by atoms with Crippen LogP contribution >= 0.6 is 11.6 Å². The summed E-state index contributed by atoms with van der Waals surface area (Å²) in [4.78, 5) is 18.0. The minimum atomic E-state index is -4.85. The number of hydroxylamine groups is 2. The van der Waals surface area contributed by atoms with Gasteiger partial charge in [0.25, 0.3) is 5.91 Å². The SMILES string of the molecule is CCOC1ON(Cc2cc3c(cc2Cl)OC(F)(F)C(F)(F)O3)C(=O)C1(C)C. The van der Waals surface area contributed by atoms with E-state index in [9.17, 15) is 22.4 Å². The average Bonchev–Trinajstić information content (AvgIpc) is 2.74. The second-order valence-corrected chi connectivity index (χ2v) is 6.99. The Bertz CT molecular complexity index is 773. The third kappa shape index (κ3) is 3.30. The standard InChI is InChI=1S/C16H16ClF4NO5/c1-4-24-13-14(2,3)12(23)22(27-13)7-8-5-10-11(6-9(8)17)26-16(20,21)15(18,19)25-10/h5-6,13H,4,7H2,1-3H3. The number of carbonyl (C=O) groups excluding carboxylic acids is 1. The predicted octanol–water partition coefficient (Wildman–Crippen LogP) is 3.96. The maximum absolute atomic E-state index is 13.4. The highest BCUT2D eigenvalue weighted by Gasteiger charge is 2.66. The molecule has 1 saturated heterocycles. The van der Waals surface area contributed by atoms with Crippen molar-refractivity contribution in [3.63, 3.8) is 0 Å². The first-order chi connectivity index (χ1) is 12.4. The first-order valence-corrected chi connectivity index (χ1v) is 8.33. The van der Waals surface area contributed by atoms with Crippen LogP contribution in [0.1, 0.15) is 26.3 Å². The Hall–Kier alpha value is -1.78. The number of carbonyl (C=O) groups is 1. The van der Waals surface area contributed by atoms with Gasteiger partial charge in [-0.15, -0.1) is 0 Å². The van der Waals surface area contributed by atoms with E-state index in [2.05, 4.69) is 9.47 Å². The Balaban J connectivity index is 1.87. The minimum Gasteiger partial charge on any atom is -0.421 e. The quantitative estimate of drug-likeness (QED) is 0.699. The molecule has 0 spiro atoms. The first kappa shape index (κ1) is 20.0. The highest BCUT2D eigenvalue weighted by atomic mass is 35.5. The van der Waals surface area contributed by atoms with Gasteiger partial charge in [-0.05, 0) is 32.4 Å². The molecule has 1 fully saturated rings. The zero-order chi connectivity index (χ0) is 20.2. The fraction of sp³-hybridized carbons (Fsp3) is 0.562. The summed E-state index contributed by atoms with van der Waals surface area (Å²) in [5.41, 5.74) is -0.841. The number of rotatable bonds is 4. The number of fused-ring (bicyclic) bond motifs is 1. The smallest absolute Gasteiger partial charge is 0.421 e. The molecule has 0 aromatic heterocycles. The molecule has 0 radical (unpaired) electrons. The van der Waals surface area contributed by atoms with E-state index in [1.807, 2.05) is 0 Å². The van der Waals surface area contributed by atoms with E-state index in [-0.39, 0.29) is 17.1 Å². The number of hydrogen-bond donors (Lipinski definition) is 0. The first-order valence-electron chi connectivity index (χ1n) is 7.95. The lowest BCUT2D eigenvalue weighted by Gasteiger charge is -2.32. The summed E-state index contributed by atoms with van der Waals surface area (Å²) in [5.74, 6) is -1.68. The number of alkyl halides is 4. The highest BCUT2D eigenvalue weighted by Crippen LogP contribution is 2.48. The molecule has 1 aromatic rings. The third-order valence-corrected chi connectivity index (χ3v) is 4.50. The lowest BCUT2D eigenvalue weighted by atomic mass is 9.92. The maximum atomic E-state index is 13.4. The van der Waals surface area contributed by atoms with Crippen molar-refractivity contribution in [2.24, 2.45) is 5.41 Å². The van der Waals surface area contributed by atoms with Gasteiger partial charge in [-0.2, -0.15) is 17.6 Å². The van der Waals surface area contributed by atoms with Crippen molar-refractivity contribution < 1.29 is 41.4 Å². The van der Waals surface area contributed by atoms with Gasteiger partial charge in [0, 0.05) is 17.7 Å². The van der Waals surface area contributed by atoms with E-state index in [4.69, 9.17) is 21.2 Å². The number of benzene rings is 1. The van der Waals surface area contributed by atoms with Crippen LogP contribution in [0.15, 0.2) is 12.1 Å². The van der Waals surface area contributed by atoms with Crippen LogP contribution in [0, 0.1) is 5.41 Å². The van der Waals surface area contributed by atoms with Crippen LogP contribution in [0.2, 0.25) is 5.02 Å². The van der Waals surface area contributed by atoms with Crippen molar-refractivity contribution in [3.8, 4) is 11.5 Å². The van der Waals surface area contributed by atoms with Gasteiger partial charge in [0.1, 0.15) is 0 Å². The molecular formula is C16H16ClF4NO5. The molecule has 0 N–H and O–H groups in total. The fourth-order valence-corrected chi connectivity index (χ4v) is 2.84. The third-order valence-electron chi connectivity index (χ3n) is 4.15. The number of amides is 1. The van der Waals surface area contributed by atoms with Gasteiger partial charge in [0.2, 0.25) is 0 Å². The molecule has 1 unspecified atom stereocenters. The van der Waals surface area contributed by atoms with E-state index in [1.165, 1.54) is 0 Å². The number of halogens is 5. The molecule has 1 atom stereocenters. The van der Waals surface area contributed by atoms with Crippen molar-refractivity contribution in [1.29, 1.82) is 0 Å². The topological polar surface area (TPSA) is 57.2 Å². The molecule has 0 bridgehead atoms. The zero-order valence-corrected chi connectivity index (χ0v) is 15.3. The van der Waals surface area contributed by atoms with Crippen LogP contribution in [0.3, 0.4) is 0 Å². The Kier molecular flexibility index (Phi) is 4.72. The summed E-state index contributed by atoms with van der Waals surface area (Å²) < 4.78 is 66.7. The maximum Gasteiger partial charge on any atom is 0.507 e.